The largest absolute Gasteiger partial charge is 0.366 e. The highest BCUT2D eigenvalue weighted by Gasteiger charge is 2.28. The van der Waals surface area contributed by atoms with E-state index < -0.39 is 9.84 Å². The van der Waals surface area contributed by atoms with E-state index in [1.54, 1.807) is 0 Å². The van der Waals surface area contributed by atoms with Gasteiger partial charge in [-0.2, -0.15) is 0 Å². The van der Waals surface area contributed by atoms with Gasteiger partial charge in [-0.25, -0.2) is 18.4 Å². The van der Waals surface area contributed by atoms with Crippen LogP contribution in [0.1, 0.15) is 26.2 Å². The van der Waals surface area contributed by atoms with E-state index in [0.29, 0.717) is 24.0 Å². The van der Waals surface area contributed by atoms with Crippen LogP contribution in [0.25, 0.3) is 11.4 Å². The Balaban J connectivity index is 1.66. The predicted octanol–water partition coefficient (Wildman–Crippen LogP) is 2.98. The summed E-state index contributed by atoms with van der Waals surface area (Å²) in [5.41, 5.74) is 0.964. The first-order valence-electron chi connectivity index (χ1n) is 9.65. The van der Waals surface area contributed by atoms with Crippen molar-refractivity contribution in [2.75, 3.05) is 34.8 Å². The van der Waals surface area contributed by atoms with Gasteiger partial charge in [0, 0.05) is 30.8 Å². The maximum Gasteiger partial charge on any atom is 0.163 e. The molecule has 2 saturated heterocycles. The second-order valence-corrected chi connectivity index (χ2v) is 9.97. The minimum Gasteiger partial charge on any atom is -0.366 e. The molecule has 2 atom stereocenters. The number of anilines is 2. The van der Waals surface area contributed by atoms with Crippen LogP contribution >= 0.6 is 0 Å². The van der Waals surface area contributed by atoms with Crippen molar-refractivity contribution in [3.63, 3.8) is 0 Å². The first kappa shape index (κ1) is 18.2. The molecular formula is C20H26N4O2S. The van der Waals surface area contributed by atoms with E-state index in [9.17, 15) is 8.42 Å². The summed E-state index contributed by atoms with van der Waals surface area (Å²) < 4.78 is 23.6. The summed E-state index contributed by atoms with van der Waals surface area (Å²) in [5, 5.41) is 3.34. The molecule has 0 spiro atoms. The number of piperidine rings is 1. The van der Waals surface area contributed by atoms with Crippen LogP contribution in [0.3, 0.4) is 0 Å². The van der Waals surface area contributed by atoms with E-state index in [1.807, 2.05) is 36.4 Å². The van der Waals surface area contributed by atoms with Gasteiger partial charge < -0.3 is 10.2 Å². The molecule has 3 heterocycles. The van der Waals surface area contributed by atoms with Gasteiger partial charge in [0.05, 0.1) is 11.5 Å². The molecule has 7 heteroatoms. The number of benzene rings is 1. The van der Waals surface area contributed by atoms with Crippen molar-refractivity contribution in [3.8, 4) is 11.4 Å². The predicted molar refractivity (Wildman–Crippen MR) is 109 cm³/mol. The lowest BCUT2D eigenvalue weighted by molar-refractivity contribution is 0.444. The fraction of sp³-hybridized carbons (Fsp3) is 0.500. The molecule has 0 aliphatic carbocycles. The molecule has 2 aliphatic heterocycles. The number of rotatable bonds is 4. The lowest BCUT2D eigenvalue weighted by atomic mass is 10.0. The standard InChI is InChI=1S/C20H26N4O2S/c1-15-6-5-10-24(13-15)19-12-18(21-17-9-11-27(25,26)14-17)22-20(23-19)16-7-3-2-4-8-16/h2-4,7-8,12,15,17H,5-6,9-11,13-14H2,1H3,(H,21,22,23). The number of nitrogens with one attached hydrogen (secondary N) is 1. The second kappa shape index (κ2) is 7.46. The number of hydrogen-bond acceptors (Lipinski definition) is 6. The molecule has 27 heavy (non-hydrogen) atoms. The van der Waals surface area contributed by atoms with Gasteiger partial charge in [-0.05, 0) is 25.2 Å². The molecule has 1 aromatic carbocycles. The molecule has 6 nitrogen and oxygen atoms in total. The fourth-order valence-electron chi connectivity index (χ4n) is 3.90. The highest BCUT2D eigenvalue weighted by molar-refractivity contribution is 7.91. The summed E-state index contributed by atoms with van der Waals surface area (Å²) in [7, 11) is -2.93. The van der Waals surface area contributed by atoms with Crippen molar-refractivity contribution in [1.29, 1.82) is 0 Å². The van der Waals surface area contributed by atoms with Crippen LogP contribution in [0.15, 0.2) is 36.4 Å². The Labute approximate surface area is 161 Å². The van der Waals surface area contributed by atoms with Gasteiger partial charge in [-0.1, -0.05) is 37.3 Å². The van der Waals surface area contributed by atoms with Gasteiger partial charge in [0.25, 0.3) is 0 Å². The van der Waals surface area contributed by atoms with Crippen molar-refractivity contribution >= 4 is 21.5 Å². The molecule has 2 fully saturated rings. The first-order valence-corrected chi connectivity index (χ1v) is 11.5. The Kier molecular flexibility index (Phi) is 5.04. The van der Waals surface area contributed by atoms with Gasteiger partial charge in [0.2, 0.25) is 0 Å². The van der Waals surface area contributed by atoms with Gasteiger partial charge in [0.15, 0.2) is 15.7 Å². The average molecular weight is 387 g/mol. The van der Waals surface area contributed by atoms with E-state index in [-0.39, 0.29) is 17.5 Å². The molecule has 1 N–H and O–H groups in total. The van der Waals surface area contributed by atoms with Crippen molar-refractivity contribution < 1.29 is 8.42 Å². The Morgan fingerprint density at radius 3 is 2.67 bits per heavy atom. The monoisotopic (exact) mass is 386 g/mol. The molecule has 4 rings (SSSR count). The van der Waals surface area contributed by atoms with Crippen LogP contribution in [0.4, 0.5) is 11.6 Å². The Hall–Kier alpha value is -2.15. The minimum absolute atomic E-state index is 0.0818. The zero-order valence-corrected chi connectivity index (χ0v) is 16.5. The summed E-state index contributed by atoms with van der Waals surface area (Å²) >= 11 is 0. The van der Waals surface area contributed by atoms with E-state index in [1.165, 1.54) is 6.42 Å². The highest BCUT2D eigenvalue weighted by atomic mass is 32.2. The van der Waals surface area contributed by atoms with Crippen LogP contribution in [-0.2, 0) is 9.84 Å². The molecule has 144 valence electrons. The van der Waals surface area contributed by atoms with E-state index >= 15 is 0 Å². The van der Waals surface area contributed by atoms with Crippen LogP contribution in [-0.4, -0.2) is 49.0 Å². The fourth-order valence-corrected chi connectivity index (χ4v) is 5.58. The SMILES string of the molecule is CC1CCCN(c2cc(NC3CCS(=O)(=O)C3)nc(-c3ccccc3)n2)C1. The smallest absolute Gasteiger partial charge is 0.163 e. The normalized spacial score (nSPS) is 24.7. The summed E-state index contributed by atoms with van der Waals surface area (Å²) in [4.78, 5) is 11.8. The third kappa shape index (κ3) is 4.40. The average Bonchev–Trinajstić information content (AvgIpc) is 3.00. The topological polar surface area (TPSA) is 75.2 Å². The minimum atomic E-state index is -2.93. The molecule has 0 bridgehead atoms. The third-order valence-electron chi connectivity index (χ3n) is 5.31. The van der Waals surface area contributed by atoms with E-state index in [2.05, 4.69) is 22.1 Å². The number of aromatic nitrogens is 2. The molecule has 0 amide bonds. The molecule has 0 radical (unpaired) electrons. The third-order valence-corrected chi connectivity index (χ3v) is 7.08. The second-order valence-electron chi connectivity index (χ2n) is 7.74. The van der Waals surface area contributed by atoms with Crippen molar-refractivity contribution in [2.45, 2.75) is 32.2 Å². The maximum absolute atomic E-state index is 11.8. The summed E-state index contributed by atoms with van der Waals surface area (Å²) in [6.45, 7) is 4.25. The maximum atomic E-state index is 11.8. The Morgan fingerprint density at radius 1 is 1.15 bits per heavy atom. The zero-order chi connectivity index (χ0) is 18.9. The first-order chi connectivity index (χ1) is 13.0. The number of hydrogen-bond donors (Lipinski definition) is 1. The zero-order valence-electron chi connectivity index (χ0n) is 15.6. The van der Waals surface area contributed by atoms with E-state index in [4.69, 9.17) is 4.98 Å². The van der Waals surface area contributed by atoms with Gasteiger partial charge in [0.1, 0.15) is 11.6 Å². The van der Waals surface area contributed by atoms with Crippen molar-refractivity contribution in [2.24, 2.45) is 5.92 Å². The summed E-state index contributed by atoms with van der Waals surface area (Å²) in [5.74, 6) is 3.36. The van der Waals surface area contributed by atoms with Gasteiger partial charge in [-0.3, -0.25) is 0 Å². The highest BCUT2D eigenvalue weighted by Crippen LogP contribution is 2.27. The van der Waals surface area contributed by atoms with Crippen molar-refractivity contribution in [3.05, 3.63) is 36.4 Å². The Bertz CT molecular complexity index is 901. The number of nitrogens with zero attached hydrogens (tertiary/aromatic N) is 3. The molecule has 2 aromatic rings. The molecule has 1 aromatic heterocycles. The van der Waals surface area contributed by atoms with Crippen LogP contribution in [0, 0.1) is 5.92 Å². The summed E-state index contributed by atoms with van der Waals surface area (Å²) in [6, 6.07) is 11.8. The molecule has 2 aliphatic rings. The molecule has 2 unspecified atom stereocenters. The summed E-state index contributed by atoms with van der Waals surface area (Å²) in [6.07, 6.45) is 3.04. The molecular weight excluding hydrogens is 360 g/mol. The molecule has 0 saturated carbocycles. The quantitative estimate of drug-likeness (QED) is 0.871. The number of sulfone groups is 1. The lowest BCUT2D eigenvalue weighted by Crippen LogP contribution is -2.35. The Morgan fingerprint density at radius 2 is 1.96 bits per heavy atom. The van der Waals surface area contributed by atoms with Crippen LogP contribution < -0.4 is 10.2 Å². The van der Waals surface area contributed by atoms with E-state index in [0.717, 1.165) is 30.9 Å². The van der Waals surface area contributed by atoms with Crippen LogP contribution in [0.2, 0.25) is 0 Å². The van der Waals surface area contributed by atoms with Gasteiger partial charge >= 0.3 is 0 Å². The van der Waals surface area contributed by atoms with Gasteiger partial charge in [-0.15, -0.1) is 0 Å². The van der Waals surface area contributed by atoms with Crippen molar-refractivity contribution in [1.82, 2.24) is 9.97 Å². The lowest BCUT2D eigenvalue weighted by Gasteiger charge is -2.32. The van der Waals surface area contributed by atoms with Crippen LogP contribution in [0.5, 0.6) is 0 Å².